The number of piperidine rings is 1. The first-order valence-corrected chi connectivity index (χ1v) is 21.4. The maximum absolute atomic E-state index is 15.2. The number of allylic oxidation sites excluding steroid dienone is 1. The minimum Gasteiger partial charge on any atom is -0.467 e. The normalized spacial score (nSPS) is 40.4. The Morgan fingerprint density at radius 2 is 1.81 bits per heavy atom. The first kappa shape index (κ1) is 39.6. The summed E-state index contributed by atoms with van der Waals surface area (Å²) in [4.78, 5) is 53.1. The molecule has 1 saturated carbocycles. The topological polar surface area (TPSA) is 145 Å². The Morgan fingerprint density at radius 3 is 2.50 bits per heavy atom. The van der Waals surface area contributed by atoms with Gasteiger partial charge in [0.05, 0.1) is 30.3 Å². The lowest BCUT2D eigenvalue weighted by Crippen LogP contribution is -2.76. The Morgan fingerprint density at radius 1 is 1.03 bits per heavy atom. The van der Waals surface area contributed by atoms with Crippen LogP contribution in [0.1, 0.15) is 71.1 Å². The van der Waals surface area contributed by atoms with Gasteiger partial charge < -0.3 is 34.3 Å². The highest BCUT2D eigenvalue weighted by Crippen LogP contribution is 2.68. The van der Waals surface area contributed by atoms with E-state index in [4.69, 9.17) is 14.2 Å². The Hall–Kier alpha value is -3.81. The Kier molecular flexibility index (Phi) is 9.48. The van der Waals surface area contributed by atoms with Gasteiger partial charge in [-0.1, -0.05) is 49.8 Å². The zero-order chi connectivity index (χ0) is 41.1. The SMILES string of the molecule is CCC1=CCN2CC[C@]34C5=C[C@@H]([C@@]6(C(C)=O)CC7CN(CCc8c6[nH]c6ccccc86)C[C@](O)(CC)C7)C(OC)C=C5N(C)[C@H]3[C@@](O)(C(=O)OC)[C@H](OC(C)=O)C1C24. The number of Topliss-reactive ketones (excluding diaryl/α,β-unsaturated/α-hetero) is 1. The third kappa shape index (κ3) is 5.26. The van der Waals surface area contributed by atoms with Gasteiger partial charge in [0.25, 0.3) is 0 Å². The molecule has 2 bridgehead atoms. The maximum Gasteiger partial charge on any atom is 0.344 e. The molecule has 2 aliphatic carbocycles. The molecule has 1 spiro atoms. The number of nitrogens with one attached hydrogen (secondary N) is 1. The van der Waals surface area contributed by atoms with Gasteiger partial charge in [-0.15, -0.1) is 0 Å². The molecule has 6 heterocycles. The molecule has 12 nitrogen and oxygen atoms in total. The zero-order valence-electron chi connectivity index (χ0n) is 35.0. The van der Waals surface area contributed by atoms with Crippen molar-refractivity contribution in [3.8, 4) is 0 Å². The molecular weight excluding hydrogens is 737 g/mol. The number of H-pyrrole nitrogens is 1. The van der Waals surface area contributed by atoms with E-state index in [1.807, 2.05) is 24.9 Å². The highest BCUT2D eigenvalue weighted by molar-refractivity contribution is 5.94. The highest BCUT2D eigenvalue weighted by atomic mass is 16.6. The number of likely N-dealkylation sites (N-methyl/N-ethyl adjacent to an activating group) is 1. The fourth-order valence-electron chi connectivity index (χ4n) is 13.7. The average Bonchev–Trinajstić information content (AvgIpc) is 3.86. The van der Waals surface area contributed by atoms with Gasteiger partial charge in [-0.05, 0) is 81.2 Å². The number of benzene rings is 1. The third-order valence-electron chi connectivity index (χ3n) is 15.9. The van der Waals surface area contributed by atoms with Crippen molar-refractivity contribution in [3.63, 3.8) is 0 Å². The predicted molar refractivity (Wildman–Crippen MR) is 218 cm³/mol. The summed E-state index contributed by atoms with van der Waals surface area (Å²) >= 11 is 0. The van der Waals surface area contributed by atoms with Crippen LogP contribution in [-0.2, 0) is 40.4 Å². The largest absolute Gasteiger partial charge is 0.467 e. The van der Waals surface area contributed by atoms with Gasteiger partial charge in [-0.2, -0.15) is 0 Å². The number of methoxy groups -OCH3 is 2. The van der Waals surface area contributed by atoms with Crippen molar-refractivity contribution < 1.29 is 38.8 Å². The van der Waals surface area contributed by atoms with Crippen LogP contribution >= 0.6 is 0 Å². The quantitative estimate of drug-likeness (QED) is 0.276. The second-order valence-electron chi connectivity index (χ2n) is 18.5. The van der Waals surface area contributed by atoms with Crippen LogP contribution in [0.25, 0.3) is 10.9 Å². The molecule has 0 amide bonds. The summed E-state index contributed by atoms with van der Waals surface area (Å²) in [6.07, 6.45) is 8.56. The average molecular weight is 797 g/mol. The number of para-hydroxylation sites is 1. The second-order valence-corrected chi connectivity index (χ2v) is 18.5. The summed E-state index contributed by atoms with van der Waals surface area (Å²) in [5.41, 5.74) is 0.918. The van der Waals surface area contributed by atoms with Crippen molar-refractivity contribution in [2.24, 2.45) is 23.2 Å². The van der Waals surface area contributed by atoms with Gasteiger partial charge in [0.15, 0.2) is 6.10 Å². The predicted octanol–water partition coefficient (Wildman–Crippen LogP) is 4.05. The van der Waals surface area contributed by atoms with Crippen LogP contribution in [0, 0.1) is 23.2 Å². The summed E-state index contributed by atoms with van der Waals surface area (Å²) < 4.78 is 18.1. The van der Waals surface area contributed by atoms with E-state index in [1.54, 1.807) is 14.0 Å². The summed E-state index contributed by atoms with van der Waals surface area (Å²) in [7, 11) is 4.87. The number of ketones is 1. The number of likely N-dealkylation sites (tertiary alicyclic amines) is 1. The highest BCUT2D eigenvalue weighted by Gasteiger charge is 2.78. The van der Waals surface area contributed by atoms with E-state index >= 15 is 4.79 Å². The number of aromatic nitrogens is 1. The number of hydrogen-bond donors (Lipinski definition) is 3. The van der Waals surface area contributed by atoms with Crippen molar-refractivity contribution in [1.82, 2.24) is 19.7 Å². The van der Waals surface area contributed by atoms with E-state index < -0.39 is 64.1 Å². The van der Waals surface area contributed by atoms with E-state index in [-0.39, 0.29) is 17.7 Å². The number of ether oxygens (including phenoxy) is 3. The van der Waals surface area contributed by atoms with Crippen LogP contribution in [0.4, 0.5) is 0 Å². The van der Waals surface area contributed by atoms with Gasteiger partial charge in [-0.3, -0.25) is 19.4 Å². The lowest BCUT2D eigenvalue weighted by Gasteiger charge is -2.59. The molecule has 312 valence electrons. The van der Waals surface area contributed by atoms with E-state index in [0.717, 1.165) is 52.1 Å². The van der Waals surface area contributed by atoms with Gasteiger partial charge in [-0.25, -0.2) is 4.79 Å². The molecular formula is C46H60N4O8. The maximum atomic E-state index is 15.2. The molecule has 12 heteroatoms. The van der Waals surface area contributed by atoms with Crippen molar-refractivity contribution in [3.05, 3.63) is 70.6 Å². The number of rotatable bonds is 7. The molecule has 3 saturated heterocycles. The van der Waals surface area contributed by atoms with Crippen molar-refractivity contribution in [2.75, 3.05) is 54.0 Å². The minimum absolute atomic E-state index is 0.0175. The van der Waals surface area contributed by atoms with Gasteiger partial charge in [0.2, 0.25) is 5.60 Å². The van der Waals surface area contributed by atoms with Crippen LogP contribution in [-0.4, -0.2) is 137 Å². The molecule has 4 fully saturated rings. The molecule has 1 aromatic heterocycles. The van der Waals surface area contributed by atoms with Crippen LogP contribution in [0.15, 0.2) is 59.3 Å². The standard InChI is InChI=1S/C46H60N4O8/c1-8-29-14-18-50-19-16-44-32-20-33(36(56-6)21-35(32)48(5)41(44)46(55,42(53)57-7)40(58-27(4)52)37(29)39(44)50)45(26(3)51)23-28-22-43(54,9-2)25-49(24-28)17-15-31-30-12-10-11-13-34(30)47-38(31)45/h10-14,20-21,28,33,36-37,39-41,47,54-55H,8-9,15-19,22-25H2,1-7H3/t28?,33-,36?,37?,39?,40-,41-,43+,44-,45+,46-/m1/s1. The Balaban J connectivity index is 1.31. The number of hydrogen-bond acceptors (Lipinski definition) is 11. The number of carbonyl (C=O) groups excluding carboxylic acids is 3. The molecule has 2 aromatic rings. The minimum atomic E-state index is -2.23. The molecule has 9 rings (SSSR count). The molecule has 5 unspecified atom stereocenters. The number of aliphatic hydroxyl groups is 2. The van der Waals surface area contributed by atoms with Crippen LogP contribution in [0.2, 0.25) is 0 Å². The fraction of sp³-hybridized carbons (Fsp3) is 0.630. The van der Waals surface area contributed by atoms with Crippen molar-refractivity contribution in [1.29, 1.82) is 0 Å². The van der Waals surface area contributed by atoms with Gasteiger partial charge >= 0.3 is 11.9 Å². The van der Waals surface area contributed by atoms with Crippen LogP contribution in [0.3, 0.4) is 0 Å². The molecule has 12 atom stereocenters. The number of carbonyl (C=O) groups is 3. The van der Waals surface area contributed by atoms with Gasteiger partial charge in [0.1, 0.15) is 5.78 Å². The van der Waals surface area contributed by atoms with Crippen molar-refractivity contribution >= 4 is 28.6 Å². The summed E-state index contributed by atoms with van der Waals surface area (Å²) in [6, 6.07) is 7.24. The molecule has 7 aliphatic rings. The van der Waals surface area contributed by atoms with Crippen LogP contribution in [0.5, 0.6) is 0 Å². The lowest BCUT2D eigenvalue weighted by molar-refractivity contribution is -0.225. The smallest absolute Gasteiger partial charge is 0.344 e. The molecule has 3 N–H and O–H groups in total. The molecule has 1 aromatic carbocycles. The Labute approximate surface area is 341 Å². The summed E-state index contributed by atoms with van der Waals surface area (Å²) in [5, 5.41) is 26.3. The number of nitrogens with zero attached hydrogens (tertiary/aromatic N) is 3. The summed E-state index contributed by atoms with van der Waals surface area (Å²) in [6.45, 7) is 10.7. The molecule has 58 heavy (non-hydrogen) atoms. The van der Waals surface area contributed by atoms with E-state index in [2.05, 4.69) is 58.1 Å². The monoisotopic (exact) mass is 796 g/mol. The molecule has 5 aliphatic heterocycles. The van der Waals surface area contributed by atoms with E-state index in [0.29, 0.717) is 58.2 Å². The van der Waals surface area contributed by atoms with E-state index in [1.165, 1.54) is 14.0 Å². The lowest BCUT2D eigenvalue weighted by atomic mass is 9.51. The van der Waals surface area contributed by atoms with Crippen molar-refractivity contribution in [2.45, 2.75) is 107 Å². The summed E-state index contributed by atoms with van der Waals surface area (Å²) in [5.74, 6) is -2.33. The molecule has 0 radical (unpaired) electrons. The Bertz CT molecular complexity index is 2140. The third-order valence-corrected chi connectivity index (χ3v) is 15.9. The first-order valence-electron chi connectivity index (χ1n) is 21.4. The fourth-order valence-corrected chi connectivity index (χ4v) is 13.7. The van der Waals surface area contributed by atoms with Crippen LogP contribution < -0.4 is 0 Å². The second kappa shape index (κ2) is 13.9. The number of fused-ring (bicyclic) bond motifs is 6. The van der Waals surface area contributed by atoms with E-state index in [9.17, 15) is 19.8 Å². The number of esters is 2. The number of aromatic amines is 1. The van der Waals surface area contributed by atoms with Gasteiger partial charge in [0, 0.05) is 92.8 Å². The zero-order valence-corrected chi connectivity index (χ0v) is 35.0. The first-order chi connectivity index (χ1) is 27.7.